The van der Waals surface area contributed by atoms with Crippen molar-refractivity contribution in [2.75, 3.05) is 19.8 Å². The van der Waals surface area contributed by atoms with Gasteiger partial charge in [-0.3, -0.25) is 4.79 Å². The average Bonchev–Trinajstić information content (AvgIpc) is 2.73. The van der Waals surface area contributed by atoms with E-state index in [0.717, 1.165) is 19.3 Å². The quantitative estimate of drug-likeness (QED) is 0.376. The van der Waals surface area contributed by atoms with E-state index in [-0.39, 0.29) is 30.7 Å². The molecule has 1 aliphatic carbocycles. The highest BCUT2D eigenvalue weighted by Gasteiger charge is 2.24. The lowest BCUT2D eigenvalue weighted by atomic mass is 9.86. The van der Waals surface area contributed by atoms with E-state index in [2.05, 4.69) is 12.2 Å². The second kappa shape index (κ2) is 11.9. The van der Waals surface area contributed by atoms with Gasteiger partial charge in [0.2, 0.25) is 0 Å². The molecule has 0 aromatic heterocycles. The summed E-state index contributed by atoms with van der Waals surface area (Å²) in [4.78, 5) is 24.1. The smallest absolute Gasteiger partial charge is 0.344 e. The van der Waals surface area contributed by atoms with Gasteiger partial charge in [0.15, 0.2) is 18.1 Å². The molecule has 7 heteroatoms. The number of carbonyl (C=O) groups excluding carboxylic acids is 2. The maximum Gasteiger partial charge on any atom is 0.344 e. The van der Waals surface area contributed by atoms with Crippen LogP contribution in [-0.4, -0.2) is 37.7 Å². The minimum absolute atomic E-state index is 0.0374. The Hall–Kier alpha value is -3.01. The van der Waals surface area contributed by atoms with Crippen LogP contribution >= 0.6 is 0 Å². The number of carbonyl (C=O) groups is 2. The Labute approximate surface area is 178 Å². The Bertz CT molecular complexity index is 812. The van der Waals surface area contributed by atoms with Crippen molar-refractivity contribution in [1.82, 2.24) is 5.32 Å². The molecule has 1 fully saturated rings. The summed E-state index contributed by atoms with van der Waals surface area (Å²) in [6, 6.07) is 7.12. The van der Waals surface area contributed by atoms with Gasteiger partial charge in [0.1, 0.15) is 11.6 Å². The zero-order valence-electron chi connectivity index (χ0n) is 17.9. The molecule has 0 aliphatic heterocycles. The average molecular weight is 415 g/mol. The van der Waals surface area contributed by atoms with Crippen molar-refractivity contribution in [3.8, 4) is 17.6 Å². The van der Waals surface area contributed by atoms with Crippen molar-refractivity contribution >= 4 is 18.0 Å². The van der Waals surface area contributed by atoms with Gasteiger partial charge in [-0.2, -0.15) is 5.26 Å². The van der Waals surface area contributed by atoms with Crippen LogP contribution in [-0.2, 0) is 14.3 Å². The molecule has 1 aromatic carbocycles. The predicted octanol–water partition coefficient (Wildman–Crippen LogP) is 3.63. The first kappa shape index (κ1) is 23.3. The highest BCUT2D eigenvalue weighted by Crippen LogP contribution is 2.30. The van der Waals surface area contributed by atoms with Crippen LogP contribution in [0.1, 0.15) is 52.0 Å². The molecule has 0 bridgehead atoms. The number of amides is 1. The summed E-state index contributed by atoms with van der Waals surface area (Å²) in [5.41, 5.74) is 0.667. The maximum atomic E-state index is 12.6. The summed E-state index contributed by atoms with van der Waals surface area (Å²) in [5.74, 6) is 0.388. The third-order valence-corrected chi connectivity index (χ3v) is 5.02. The van der Waals surface area contributed by atoms with Crippen LogP contribution < -0.4 is 14.8 Å². The Morgan fingerprint density at radius 2 is 1.93 bits per heavy atom. The van der Waals surface area contributed by atoms with Crippen LogP contribution in [0.3, 0.4) is 0 Å². The second-order valence-electron chi connectivity index (χ2n) is 7.24. The van der Waals surface area contributed by atoms with Gasteiger partial charge in [-0.25, -0.2) is 4.79 Å². The number of nitriles is 1. The molecule has 7 nitrogen and oxygen atoms in total. The Morgan fingerprint density at radius 1 is 1.17 bits per heavy atom. The van der Waals surface area contributed by atoms with Crippen LogP contribution in [0, 0.1) is 17.2 Å². The molecule has 2 atom stereocenters. The fourth-order valence-electron chi connectivity index (χ4n) is 3.43. The number of benzene rings is 1. The Morgan fingerprint density at radius 3 is 2.60 bits per heavy atom. The van der Waals surface area contributed by atoms with Crippen molar-refractivity contribution in [2.24, 2.45) is 5.92 Å². The molecule has 0 heterocycles. The molecule has 0 radical (unpaired) electrons. The van der Waals surface area contributed by atoms with Gasteiger partial charge in [-0.05, 0) is 56.4 Å². The molecule has 2 rings (SSSR count). The molecule has 2 unspecified atom stereocenters. The second-order valence-corrected chi connectivity index (χ2v) is 7.24. The number of hydrogen-bond donors (Lipinski definition) is 1. The fourth-order valence-corrected chi connectivity index (χ4v) is 3.43. The lowest BCUT2D eigenvalue weighted by Gasteiger charge is -2.29. The van der Waals surface area contributed by atoms with Crippen molar-refractivity contribution in [2.45, 2.75) is 52.5 Å². The summed E-state index contributed by atoms with van der Waals surface area (Å²) >= 11 is 0. The molecule has 1 N–H and O–H groups in total. The summed E-state index contributed by atoms with van der Waals surface area (Å²) in [7, 11) is 0. The van der Waals surface area contributed by atoms with E-state index < -0.39 is 5.97 Å². The van der Waals surface area contributed by atoms with Crippen molar-refractivity contribution in [3.63, 3.8) is 0 Å². The van der Waals surface area contributed by atoms with Gasteiger partial charge in [0, 0.05) is 6.04 Å². The highest BCUT2D eigenvalue weighted by atomic mass is 16.6. The van der Waals surface area contributed by atoms with Gasteiger partial charge in [0.05, 0.1) is 13.2 Å². The summed E-state index contributed by atoms with van der Waals surface area (Å²) < 4.78 is 15.9. The van der Waals surface area contributed by atoms with Gasteiger partial charge in [-0.1, -0.05) is 25.8 Å². The van der Waals surface area contributed by atoms with Gasteiger partial charge >= 0.3 is 5.97 Å². The minimum atomic E-state index is -0.468. The molecule has 1 saturated carbocycles. The van der Waals surface area contributed by atoms with Gasteiger partial charge < -0.3 is 19.5 Å². The van der Waals surface area contributed by atoms with E-state index in [1.54, 1.807) is 25.1 Å². The molecular weight excluding hydrogens is 384 g/mol. The van der Waals surface area contributed by atoms with Crippen molar-refractivity contribution in [1.29, 1.82) is 5.26 Å². The maximum absolute atomic E-state index is 12.6. The number of ether oxygens (including phenoxy) is 3. The molecule has 0 saturated heterocycles. The predicted molar refractivity (Wildman–Crippen MR) is 113 cm³/mol. The largest absolute Gasteiger partial charge is 0.490 e. The Kier molecular flexibility index (Phi) is 9.20. The van der Waals surface area contributed by atoms with Crippen molar-refractivity contribution in [3.05, 3.63) is 29.3 Å². The third-order valence-electron chi connectivity index (χ3n) is 5.02. The molecule has 162 valence electrons. The first-order chi connectivity index (χ1) is 14.5. The molecule has 30 heavy (non-hydrogen) atoms. The summed E-state index contributed by atoms with van der Waals surface area (Å²) in [6.07, 6.45) is 5.82. The van der Waals surface area contributed by atoms with Crippen LogP contribution in [0.4, 0.5) is 0 Å². The van der Waals surface area contributed by atoms with E-state index >= 15 is 0 Å². The van der Waals surface area contributed by atoms with Crippen molar-refractivity contribution < 1.29 is 23.8 Å². The number of nitrogens with zero attached hydrogens (tertiary/aromatic N) is 1. The van der Waals surface area contributed by atoms with Crippen LogP contribution in [0.15, 0.2) is 23.8 Å². The molecule has 1 aromatic rings. The first-order valence-electron chi connectivity index (χ1n) is 10.5. The van der Waals surface area contributed by atoms with Crippen LogP contribution in [0.5, 0.6) is 11.5 Å². The number of esters is 1. The number of hydrogen-bond acceptors (Lipinski definition) is 6. The molecule has 1 amide bonds. The topological polar surface area (TPSA) is 97.7 Å². The highest BCUT2D eigenvalue weighted by molar-refractivity contribution is 6.01. The van der Waals surface area contributed by atoms with Crippen LogP contribution in [0.25, 0.3) is 6.08 Å². The molecule has 1 aliphatic rings. The van der Waals surface area contributed by atoms with Gasteiger partial charge in [-0.15, -0.1) is 0 Å². The molecular formula is C23H30N2O5. The van der Waals surface area contributed by atoms with E-state index in [1.165, 1.54) is 12.5 Å². The third kappa shape index (κ3) is 6.80. The summed E-state index contributed by atoms with van der Waals surface area (Å²) in [5, 5.41) is 12.5. The monoisotopic (exact) mass is 414 g/mol. The fraction of sp³-hybridized carbons (Fsp3) is 0.522. The zero-order valence-corrected chi connectivity index (χ0v) is 17.9. The van der Waals surface area contributed by atoms with E-state index in [1.807, 2.05) is 13.0 Å². The molecule has 0 spiro atoms. The normalized spacial score (nSPS) is 18.8. The lowest BCUT2D eigenvalue weighted by Crippen LogP contribution is -2.41. The van der Waals surface area contributed by atoms with E-state index in [0.29, 0.717) is 29.6 Å². The van der Waals surface area contributed by atoms with E-state index in [9.17, 15) is 14.9 Å². The Balaban J connectivity index is 2.14. The number of rotatable bonds is 9. The first-order valence-corrected chi connectivity index (χ1v) is 10.5. The van der Waals surface area contributed by atoms with Gasteiger partial charge in [0.25, 0.3) is 5.91 Å². The number of nitrogens with one attached hydrogen (secondary N) is 1. The standard InChI is InChI=1S/C23H30N2O5/c1-4-28-21-13-17(10-11-20(21)30-15-22(26)29-5-2)12-18(14-24)23(27)25-19-9-7-6-8-16(19)3/h10-13,16,19H,4-9,15H2,1-3H3,(H,25,27)/b18-12+. The van der Waals surface area contributed by atoms with E-state index in [4.69, 9.17) is 14.2 Å². The lowest BCUT2D eigenvalue weighted by molar-refractivity contribution is -0.145. The SMILES string of the molecule is CCOC(=O)COc1ccc(/C=C(\C#N)C(=O)NC2CCCCC2C)cc1OCC. The van der Waals surface area contributed by atoms with Crippen LogP contribution in [0.2, 0.25) is 0 Å². The zero-order chi connectivity index (χ0) is 21.9. The minimum Gasteiger partial charge on any atom is -0.490 e. The summed E-state index contributed by atoms with van der Waals surface area (Å²) in [6.45, 7) is 6.13.